The molecule has 0 bridgehead atoms. The first kappa shape index (κ1) is 13.0. The first-order valence-electron chi connectivity index (χ1n) is 6.55. The van der Waals surface area contributed by atoms with Gasteiger partial charge in [-0.05, 0) is 30.5 Å². The SMILES string of the molecule is CCCC(=O)N[C@@H]1COC[C@H]1Cc1ccncc1. The van der Waals surface area contributed by atoms with Crippen molar-refractivity contribution in [1.82, 2.24) is 10.3 Å². The van der Waals surface area contributed by atoms with Crippen LogP contribution >= 0.6 is 0 Å². The van der Waals surface area contributed by atoms with Gasteiger partial charge in [-0.3, -0.25) is 9.78 Å². The fraction of sp³-hybridized carbons (Fsp3) is 0.571. The third-order valence-corrected chi connectivity index (χ3v) is 3.27. The van der Waals surface area contributed by atoms with Crippen molar-refractivity contribution in [1.29, 1.82) is 0 Å². The standard InChI is InChI=1S/C14H20N2O2/c1-2-3-14(17)16-13-10-18-9-12(13)8-11-4-6-15-7-5-11/h4-7,12-13H,2-3,8-10H2,1H3,(H,16,17)/t12-,13-/m1/s1. The largest absolute Gasteiger partial charge is 0.379 e. The van der Waals surface area contributed by atoms with E-state index in [1.807, 2.05) is 19.1 Å². The Labute approximate surface area is 108 Å². The zero-order chi connectivity index (χ0) is 12.8. The van der Waals surface area contributed by atoms with Crippen LogP contribution in [0.5, 0.6) is 0 Å². The molecule has 4 nitrogen and oxygen atoms in total. The molecule has 1 N–H and O–H groups in total. The Hall–Kier alpha value is -1.42. The van der Waals surface area contributed by atoms with Gasteiger partial charge in [0.1, 0.15) is 0 Å². The average molecular weight is 248 g/mol. The molecule has 1 saturated heterocycles. The molecule has 2 heterocycles. The summed E-state index contributed by atoms with van der Waals surface area (Å²) in [6, 6.07) is 4.18. The van der Waals surface area contributed by atoms with Crippen LogP contribution in [0.3, 0.4) is 0 Å². The number of ether oxygens (including phenoxy) is 1. The molecule has 0 aliphatic carbocycles. The van der Waals surface area contributed by atoms with Gasteiger partial charge in [-0.25, -0.2) is 0 Å². The van der Waals surface area contributed by atoms with Crippen molar-refractivity contribution in [3.05, 3.63) is 30.1 Å². The molecule has 2 rings (SSSR count). The smallest absolute Gasteiger partial charge is 0.220 e. The van der Waals surface area contributed by atoms with Crippen LogP contribution in [0.1, 0.15) is 25.3 Å². The van der Waals surface area contributed by atoms with Gasteiger partial charge in [-0.2, -0.15) is 0 Å². The van der Waals surface area contributed by atoms with Gasteiger partial charge in [0.2, 0.25) is 5.91 Å². The van der Waals surface area contributed by atoms with E-state index >= 15 is 0 Å². The molecular weight excluding hydrogens is 228 g/mol. The molecular formula is C14H20N2O2. The second kappa shape index (κ2) is 6.50. The lowest BCUT2D eigenvalue weighted by atomic mass is 9.95. The van der Waals surface area contributed by atoms with E-state index in [0.717, 1.165) is 19.4 Å². The maximum absolute atomic E-state index is 11.6. The number of amides is 1. The van der Waals surface area contributed by atoms with E-state index in [9.17, 15) is 4.79 Å². The third kappa shape index (κ3) is 3.53. The van der Waals surface area contributed by atoms with Crippen molar-refractivity contribution >= 4 is 5.91 Å². The van der Waals surface area contributed by atoms with E-state index in [1.54, 1.807) is 12.4 Å². The van der Waals surface area contributed by atoms with Crippen LogP contribution in [0.25, 0.3) is 0 Å². The van der Waals surface area contributed by atoms with Gasteiger partial charge in [0.25, 0.3) is 0 Å². The van der Waals surface area contributed by atoms with E-state index in [2.05, 4.69) is 10.3 Å². The summed E-state index contributed by atoms with van der Waals surface area (Å²) in [7, 11) is 0. The molecule has 4 heteroatoms. The zero-order valence-corrected chi connectivity index (χ0v) is 10.8. The molecule has 1 aliphatic heterocycles. The first-order valence-corrected chi connectivity index (χ1v) is 6.55. The summed E-state index contributed by atoms with van der Waals surface area (Å²) in [6.45, 7) is 3.36. The minimum Gasteiger partial charge on any atom is -0.379 e. The maximum Gasteiger partial charge on any atom is 0.220 e. The molecule has 1 aromatic heterocycles. The highest BCUT2D eigenvalue weighted by Gasteiger charge is 2.29. The van der Waals surface area contributed by atoms with Crippen molar-refractivity contribution in [3.63, 3.8) is 0 Å². The highest BCUT2D eigenvalue weighted by atomic mass is 16.5. The molecule has 18 heavy (non-hydrogen) atoms. The Morgan fingerprint density at radius 3 is 2.94 bits per heavy atom. The van der Waals surface area contributed by atoms with E-state index < -0.39 is 0 Å². The van der Waals surface area contributed by atoms with Crippen molar-refractivity contribution in [2.24, 2.45) is 5.92 Å². The second-order valence-electron chi connectivity index (χ2n) is 4.78. The van der Waals surface area contributed by atoms with E-state index in [1.165, 1.54) is 5.56 Å². The predicted octanol–water partition coefficient (Wildman–Crippen LogP) is 1.56. The number of nitrogens with one attached hydrogen (secondary N) is 1. The van der Waals surface area contributed by atoms with Gasteiger partial charge in [0.05, 0.1) is 19.3 Å². The van der Waals surface area contributed by atoms with Gasteiger partial charge in [0, 0.05) is 24.7 Å². The Morgan fingerprint density at radius 1 is 1.44 bits per heavy atom. The van der Waals surface area contributed by atoms with E-state index in [0.29, 0.717) is 18.9 Å². The van der Waals surface area contributed by atoms with Crippen LogP contribution in [0, 0.1) is 5.92 Å². The van der Waals surface area contributed by atoms with Gasteiger partial charge >= 0.3 is 0 Å². The summed E-state index contributed by atoms with van der Waals surface area (Å²) in [5, 5.41) is 3.07. The second-order valence-corrected chi connectivity index (χ2v) is 4.78. The number of rotatable bonds is 5. The van der Waals surface area contributed by atoms with Crippen molar-refractivity contribution in [2.45, 2.75) is 32.2 Å². The summed E-state index contributed by atoms with van der Waals surface area (Å²) in [5.41, 5.74) is 1.25. The van der Waals surface area contributed by atoms with E-state index in [-0.39, 0.29) is 11.9 Å². The quantitative estimate of drug-likeness (QED) is 0.860. The van der Waals surface area contributed by atoms with Crippen LogP contribution in [0.15, 0.2) is 24.5 Å². The molecule has 0 saturated carbocycles. The number of aromatic nitrogens is 1. The van der Waals surface area contributed by atoms with Crippen LogP contribution in [-0.2, 0) is 16.0 Å². The number of pyridine rings is 1. The molecule has 0 radical (unpaired) electrons. The molecule has 2 atom stereocenters. The molecule has 1 aliphatic rings. The Bertz CT molecular complexity index is 381. The van der Waals surface area contributed by atoms with Crippen molar-refractivity contribution < 1.29 is 9.53 Å². The zero-order valence-electron chi connectivity index (χ0n) is 10.8. The molecule has 0 spiro atoms. The lowest BCUT2D eigenvalue weighted by Crippen LogP contribution is -2.40. The van der Waals surface area contributed by atoms with Crippen LogP contribution < -0.4 is 5.32 Å². The molecule has 98 valence electrons. The Morgan fingerprint density at radius 2 is 2.22 bits per heavy atom. The number of nitrogens with zero attached hydrogens (tertiary/aromatic N) is 1. The van der Waals surface area contributed by atoms with Crippen molar-refractivity contribution in [3.8, 4) is 0 Å². The first-order chi connectivity index (χ1) is 8.79. The lowest BCUT2D eigenvalue weighted by Gasteiger charge is -2.19. The highest BCUT2D eigenvalue weighted by molar-refractivity contribution is 5.76. The molecule has 0 unspecified atom stereocenters. The van der Waals surface area contributed by atoms with Gasteiger partial charge < -0.3 is 10.1 Å². The summed E-state index contributed by atoms with van der Waals surface area (Å²) in [6.07, 6.45) is 6.01. The molecule has 1 aromatic rings. The maximum atomic E-state index is 11.6. The predicted molar refractivity (Wildman–Crippen MR) is 69.1 cm³/mol. The van der Waals surface area contributed by atoms with Gasteiger partial charge in [-0.1, -0.05) is 6.92 Å². The van der Waals surface area contributed by atoms with Crippen LogP contribution in [0.2, 0.25) is 0 Å². The summed E-state index contributed by atoms with van der Waals surface area (Å²) in [4.78, 5) is 15.6. The fourth-order valence-electron chi connectivity index (χ4n) is 2.29. The topological polar surface area (TPSA) is 51.2 Å². The number of hydrogen-bond donors (Lipinski definition) is 1. The number of hydrogen-bond acceptors (Lipinski definition) is 3. The van der Waals surface area contributed by atoms with Crippen molar-refractivity contribution in [2.75, 3.05) is 13.2 Å². The van der Waals surface area contributed by atoms with Crippen LogP contribution in [0.4, 0.5) is 0 Å². The number of carbonyl (C=O) groups is 1. The normalized spacial score (nSPS) is 22.9. The van der Waals surface area contributed by atoms with E-state index in [4.69, 9.17) is 4.74 Å². The minimum atomic E-state index is 0.132. The summed E-state index contributed by atoms with van der Waals surface area (Å²) in [5.74, 6) is 0.501. The fourth-order valence-corrected chi connectivity index (χ4v) is 2.29. The number of carbonyl (C=O) groups excluding carboxylic acids is 1. The Kier molecular flexibility index (Phi) is 4.70. The summed E-state index contributed by atoms with van der Waals surface area (Å²) < 4.78 is 5.49. The third-order valence-electron chi connectivity index (χ3n) is 3.27. The molecule has 1 fully saturated rings. The molecule has 0 aromatic carbocycles. The minimum absolute atomic E-state index is 0.132. The van der Waals surface area contributed by atoms with Crippen LogP contribution in [-0.4, -0.2) is 30.1 Å². The Balaban J connectivity index is 1.89. The van der Waals surface area contributed by atoms with Gasteiger partial charge in [0.15, 0.2) is 0 Å². The lowest BCUT2D eigenvalue weighted by molar-refractivity contribution is -0.122. The summed E-state index contributed by atoms with van der Waals surface area (Å²) >= 11 is 0. The average Bonchev–Trinajstić information content (AvgIpc) is 2.78. The van der Waals surface area contributed by atoms with Gasteiger partial charge in [-0.15, -0.1) is 0 Å². The monoisotopic (exact) mass is 248 g/mol. The highest BCUT2D eigenvalue weighted by Crippen LogP contribution is 2.19. The molecule has 1 amide bonds.